The molecule has 3 nitrogen and oxygen atoms in total. The number of hydrogen-bond donors (Lipinski definition) is 2. The standard InChI is InChI=1S/C17H27NO2/c1-2-3-4-5-6-7-14-8-10-15(11-9-14)12-16(19)13-17(18)20/h8-11,16,19H,2-7,12-13H2,1H3,(H2,18,20)/t16-/m1/s1. The quantitative estimate of drug-likeness (QED) is 0.646. The van der Waals surface area contributed by atoms with Gasteiger partial charge in [0.25, 0.3) is 0 Å². The van der Waals surface area contributed by atoms with Crippen LogP contribution in [0.4, 0.5) is 0 Å². The predicted molar refractivity (Wildman–Crippen MR) is 82.4 cm³/mol. The molecule has 0 aliphatic rings. The summed E-state index contributed by atoms with van der Waals surface area (Å²) in [6.07, 6.45) is 7.43. The van der Waals surface area contributed by atoms with E-state index >= 15 is 0 Å². The zero-order valence-electron chi connectivity index (χ0n) is 12.5. The van der Waals surface area contributed by atoms with Gasteiger partial charge in [-0.3, -0.25) is 4.79 Å². The Morgan fingerprint density at radius 3 is 2.30 bits per heavy atom. The monoisotopic (exact) mass is 277 g/mol. The van der Waals surface area contributed by atoms with Gasteiger partial charge in [-0.05, 0) is 30.4 Å². The van der Waals surface area contributed by atoms with E-state index in [-0.39, 0.29) is 6.42 Å². The molecule has 0 radical (unpaired) electrons. The summed E-state index contributed by atoms with van der Waals surface area (Å²) in [4.78, 5) is 10.7. The first-order valence-corrected chi connectivity index (χ1v) is 7.66. The lowest BCUT2D eigenvalue weighted by Crippen LogP contribution is -2.21. The van der Waals surface area contributed by atoms with E-state index in [1.54, 1.807) is 0 Å². The number of primary amides is 1. The van der Waals surface area contributed by atoms with Gasteiger partial charge in [0.2, 0.25) is 5.91 Å². The minimum Gasteiger partial charge on any atom is -0.392 e. The number of amides is 1. The molecule has 0 unspecified atom stereocenters. The molecule has 0 saturated heterocycles. The van der Waals surface area contributed by atoms with Crippen molar-refractivity contribution in [2.45, 2.75) is 64.4 Å². The summed E-state index contributed by atoms with van der Waals surface area (Å²) in [6.45, 7) is 2.23. The third kappa shape index (κ3) is 7.29. The van der Waals surface area contributed by atoms with Gasteiger partial charge in [0.1, 0.15) is 0 Å². The maximum absolute atomic E-state index is 10.7. The largest absolute Gasteiger partial charge is 0.392 e. The van der Waals surface area contributed by atoms with E-state index < -0.39 is 12.0 Å². The number of aliphatic hydroxyl groups is 1. The van der Waals surface area contributed by atoms with Crippen molar-refractivity contribution in [1.82, 2.24) is 0 Å². The van der Waals surface area contributed by atoms with E-state index in [1.807, 2.05) is 12.1 Å². The number of benzene rings is 1. The molecule has 0 fully saturated rings. The van der Waals surface area contributed by atoms with Gasteiger partial charge >= 0.3 is 0 Å². The maximum Gasteiger partial charge on any atom is 0.220 e. The third-order valence-corrected chi connectivity index (χ3v) is 3.50. The highest BCUT2D eigenvalue weighted by Crippen LogP contribution is 2.12. The van der Waals surface area contributed by atoms with Gasteiger partial charge in [-0.1, -0.05) is 56.9 Å². The van der Waals surface area contributed by atoms with Gasteiger partial charge < -0.3 is 10.8 Å². The van der Waals surface area contributed by atoms with E-state index in [9.17, 15) is 9.90 Å². The Morgan fingerprint density at radius 1 is 1.10 bits per heavy atom. The Labute approximate surface area is 122 Å². The molecule has 112 valence electrons. The minimum atomic E-state index is -0.674. The van der Waals surface area contributed by atoms with Gasteiger partial charge in [-0.25, -0.2) is 0 Å². The zero-order valence-corrected chi connectivity index (χ0v) is 12.5. The third-order valence-electron chi connectivity index (χ3n) is 3.50. The minimum absolute atomic E-state index is 0.0270. The Hall–Kier alpha value is -1.35. The van der Waals surface area contributed by atoms with E-state index in [1.165, 1.54) is 37.7 Å². The first-order valence-electron chi connectivity index (χ1n) is 7.66. The molecule has 3 N–H and O–H groups in total. The Bertz CT molecular complexity index is 386. The molecular weight excluding hydrogens is 250 g/mol. The number of aryl methyl sites for hydroxylation is 1. The van der Waals surface area contributed by atoms with Gasteiger partial charge in [0, 0.05) is 0 Å². The van der Waals surface area contributed by atoms with Crippen LogP contribution in [0.3, 0.4) is 0 Å². The van der Waals surface area contributed by atoms with Gasteiger partial charge in [0.15, 0.2) is 0 Å². The van der Waals surface area contributed by atoms with E-state index in [0.717, 1.165) is 12.0 Å². The maximum atomic E-state index is 10.7. The topological polar surface area (TPSA) is 63.3 Å². The number of unbranched alkanes of at least 4 members (excludes halogenated alkanes) is 4. The molecular formula is C17H27NO2. The summed E-state index contributed by atoms with van der Waals surface area (Å²) in [6, 6.07) is 8.30. The van der Waals surface area contributed by atoms with Crippen molar-refractivity contribution in [3.63, 3.8) is 0 Å². The lowest BCUT2D eigenvalue weighted by Gasteiger charge is -2.09. The van der Waals surface area contributed by atoms with Crippen LogP contribution >= 0.6 is 0 Å². The summed E-state index contributed by atoms with van der Waals surface area (Å²) in [5.41, 5.74) is 7.45. The van der Waals surface area contributed by atoms with Crippen molar-refractivity contribution in [2.75, 3.05) is 0 Å². The lowest BCUT2D eigenvalue weighted by molar-refractivity contribution is -0.119. The highest BCUT2D eigenvalue weighted by molar-refractivity contribution is 5.74. The SMILES string of the molecule is CCCCCCCc1ccc(C[C@@H](O)CC(N)=O)cc1. The van der Waals surface area contributed by atoms with E-state index in [2.05, 4.69) is 19.1 Å². The second-order valence-electron chi connectivity index (χ2n) is 5.51. The fraction of sp³-hybridized carbons (Fsp3) is 0.588. The predicted octanol–water partition coefficient (Wildman–Crippen LogP) is 2.98. The average Bonchev–Trinajstić information content (AvgIpc) is 2.39. The summed E-state index contributed by atoms with van der Waals surface area (Å²) < 4.78 is 0. The average molecular weight is 277 g/mol. The molecule has 20 heavy (non-hydrogen) atoms. The van der Waals surface area contributed by atoms with Crippen molar-refractivity contribution in [3.05, 3.63) is 35.4 Å². The number of hydrogen-bond acceptors (Lipinski definition) is 2. The molecule has 0 aliphatic heterocycles. The number of aliphatic hydroxyl groups excluding tert-OH is 1. The van der Waals surface area contributed by atoms with Gasteiger partial charge in [-0.2, -0.15) is 0 Å². The Balaban J connectivity index is 2.30. The summed E-state index contributed by atoms with van der Waals surface area (Å²) in [5.74, 6) is -0.457. The molecule has 0 bridgehead atoms. The smallest absolute Gasteiger partial charge is 0.220 e. The molecule has 3 heteroatoms. The first-order chi connectivity index (χ1) is 9.61. The van der Waals surface area contributed by atoms with E-state index in [4.69, 9.17) is 5.73 Å². The van der Waals surface area contributed by atoms with Crippen molar-refractivity contribution < 1.29 is 9.90 Å². The van der Waals surface area contributed by atoms with E-state index in [0.29, 0.717) is 6.42 Å². The molecule has 0 heterocycles. The molecule has 1 atom stereocenters. The number of nitrogens with two attached hydrogens (primary N) is 1. The molecule has 1 amide bonds. The first kappa shape index (κ1) is 16.7. The fourth-order valence-electron chi connectivity index (χ4n) is 2.35. The van der Waals surface area contributed by atoms with Crippen molar-refractivity contribution >= 4 is 5.91 Å². The van der Waals surface area contributed by atoms with Crippen molar-refractivity contribution in [2.24, 2.45) is 5.73 Å². The Morgan fingerprint density at radius 2 is 1.70 bits per heavy atom. The molecule has 0 saturated carbocycles. The van der Waals surface area contributed by atoms with Crippen LogP contribution in [0, 0.1) is 0 Å². The van der Waals surface area contributed by atoms with Crippen LogP contribution in [0.5, 0.6) is 0 Å². The van der Waals surface area contributed by atoms with Crippen LogP contribution in [0.25, 0.3) is 0 Å². The molecule has 0 spiro atoms. The Kier molecular flexibility index (Phi) is 7.97. The second kappa shape index (κ2) is 9.54. The van der Waals surface area contributed by atoms with Crippen LogP contribution in [0.2, 0.25) is 0 Å². The van der Waals surface area contributed by atoms with Crippen LogP contribution in [-0.4, -0.2) is 17.1 Å². The van der Waals surface area contributed by atoms with Crippen LogP contribution in [0.1, 0.15) is 56.6 Å². The van der Waals surface area contributed by atoms with Gasteiger partial charge in [-0.15, -0.1) is 0 Å². The molecule has 1 rings (SSSR count). The fourth-order valence-corrected chi connectivity index (χ4v) is 2.35. The van der Waals surface area contributed by atoms with Crippen LogP contribution < -0.4 is 5.73 Å². The van der Waals surface area contributed by atoms with Crippen molar-refractivity contribution in [3.8, 4) is 0 Å². The highest BCUT2D eigenvalue weighted by Gasteiger charge is 2.08. The summed E-state index contributed by atoms with van der Waals surface area (Å²) in [7, 11) is 0. The normalized spacial score (nSPS) is 12.3. The summed E-state index contributed by atoms with van der Waals surface area (Å²) >= 11 is 0. The molecule has 0 aromatic heterocycles. The zero-order chi connectivity index (χ0) is 14.8. The van der Waals surface area contributed by atoms with Crippen LogP contribution in [0.15, 0.2) is 24.3 Å². The number of carbonyl (C=O) groups excluding carboxylic acids is 1. The van der Waals surface area contributed by atoms with Gasteiger partial charge in [0.05, 0.1) is 12.5 Å². The molecule has 1 aromatic rings. The molecule has 0 aliphatic carbocycles. The highest BCUT2D eigenvalue weighted by atomic mass is 16.3. The summed E-state index contributed by atoms with van der Waals surface area (Å²) in [5, 5.41) is 9.67. The van der Waals surface area contributed by atoms with Crippen molar-refractivity contribution in [1.29, 1.82) is 0 Å². The molecule has 1 aromatic carbocycles. The number of carbonyl (C=O) groups is 1. The second-order valence-corrected chi connectivity index (χ2v) is 5.51. The van der Waals surface area contributed by atoms with Crippen LogP contribution in [-0.2, 0) is 17.6 Å². The number of rotatable bonds is 10. The lowest BCUT2D eigenvalue weighted by atomic mass is 10.0.